The number of hydrogen-bond acceptors (Lipinski definition) is 4. The van der Waals surface area contributed by atoms with Crippen LogP contribution < -0.4 is 4.74 Å². The molecule has 0 spiro atoms. The molecular formula is C28H28F3N5O. The number of rotatable bonds is 5. The molecule has 1 unspecified atom stereocenters. The summed E-state index contributed by atoms with van der Waals surface area (Å²) < 4.78 is 51.1. The second kappa shape index (κ2) is 10.6. The van der Waals surface area contributed by atoms with E-state index in [0.29, 0.717) is 35.9 Å². The van der Waals surface area contributed by atoms with Crippen LogP contribution in [0.15, 0.2) is 42.9 Å². The van der Waals surface area contributed by atoms with Gasteiger partial charge in [0.2, 0.25) is 0 Å². The van der Waals surface area contributed by atoms with E-state index in [0.717, 1.165) is 54.8 Å². The van der Waals surface area contributed by atoms with Crippen LogP contribution in [0.1, 0.15) is 66.5 Å². The molecular weight excluding hydrogens is 479 g/mol. The van der Waals surface area contributed by atoms with Gasteiger partial charge in [0.25, 0.3) is 0 Å². The number of imidazole rings is 1. The summed E-state index contributed by atoms with van der Waals surface area (Å²) in [5.41, 5.74) is 3.06. The highest BCUT2D eigenvalue weighted by Gasteiger charge is 2.25. The van der Waals surface area contributed by atoms with Gasteiger partial charge in [0.05, 0.1) is 24.8 Å². The number of aryl methyl sites for hydroxylation is 2. The number of fused-ring (bicyclic) bond motifs is 1. The summed E-state index contributed by atoms with van der Waals surface area (Å²) in [7, 11) is 1.62. The lowest BCUT2D eigenvalue weighted by Crippen LogP contribution is -2.12. The quantitative estimate of drug-likeness (QED) is 0.291. The topological polar surface area (TPSA) is 57.8 Å². The molecule has 0 bridgehead atoms. The van der Waals surface area contributed by atoms with Crippen molar-refractivity contribution in [3.05, 3.63) is 88.8 Å². The van der Waals surface area contributed by atoms with Crippen molar-refractivity contribution in [2.24, 2.45) is 0 Å². The molecule has 3 heterocycles. The van der Waals surface area contributed by atoms with Gasteiger partial charge in [-0.25, -0.2) is 27.8 Å². The van der Waals surface area contributed by atoms with Crippen LogP contribution in [0.25, 0.3) is 17.8 Å². The van der Waals surface area contributed by atoms with Crippen LogP contribution in [0.5, 0.6) is 5.75 Å². The maximum absolute atomic E-state index is 14.1. The molecule has 1 aliphatic heterocycles. The summed E-state index contributed by atoms with van der Waals surface area (Å²) in [4.78, 5) is 9.02. The van der Waals surface area contributed by atoms with Gasteiger partial charge in [0.1, 0.15) is 11.6 Å². The molecule has 192 valence electrons. The highest BCUT2D eigenvalue weighted by atomic mass is 19.2. The average molecular weight is 508 g/mol. The Bertz CT molecular complexity index is 1420. The van der Waals surface area contributed by atoms with E-state index in [1.807, 2.05) is 52.7 Å². The summed E-state index contributed by atoms with van der Waals surface area (Å²) in [5.74, 6) is -2.39. The summed E-state index contributed by atoms with van der Waals surface area (Å²) >= 11 is 0. The molecule has 5 rings (SSSR count). The molecule has 1 atom stereocenters. The fraction of sp³-hybridized carbons (Fsp3) is 0.321. The van der Waals surface area contributed by atoms with E-state index in [4.69, 9.17) is 9.72 Å². The SMILES string of the molecule is COc1cc(/C=C/c2nc3n(n2)CCCCCCC3c2cc(F)c(F)c(F)c2)ccc1-n1cnc(C)c1. The number of aromatic nitrogens is 5. The van der Waals surface area contributed by atoms with Crippen molar-refractivity contribution in [1.82, 2.24) is 24.3 Å². The first-order chi connectivity index (χ1) is 17.9. The summed E-state index contributed by atoms with van der Waals surface area (Å²) in [6.07, 6.45) is 11.9. The fourth-order valence-corrected chi connectivity index (χ4v) is 4.78. The summed E-state index contributed by atoms with van der Waals surface area (Å²) in [6.45, 7) is 2.59. The summed E-state index contributed by atoms with van der Waals surface area (Å²) in [6, 6.07) is 7.99. The Morgan fingerprint density at radius 3 is 2.51 bits per heavy atom. The van der Waals surface area contributed by atoms with Crippen LogP contribution >= 0.6 is 0 Å². The van der Waals surface area contributed by atoms with Gasteiger partial charge in [-0.05, 0) is 61.2 Å². The Hall–Kier alpha value is -3.88. The van der Waals surface area contributed by atoms with Crippen molar-refractivity contribution in [2.75, 3.05) is 7.11 Å². The van der Waals surface area contributed by atoms with Crippen molar-refractivity contribution < 1.29 is 17.9 Å². The maximum Gasteiger partial charge on any atom is 0.194 e. The lowest BCUT2D eigenvalue weighted by molar-refractivity contribution is 0.413. The Balaban J connectivity index is 1.46. The van der Waals surface area contributed by atoms with Gasteiger partial charge in [-0.15, -0.1) is 0 Å². The standard InChI is InChI=1S/C28H28F3N5O/c1-18-16-35(17-32-18)24-10-8-19(13-25(24)37-2)9-11-26-33-28-21(7-5-3-4-6-12-36(28)34-26)20-14-22(29)27(31)23(30)15-20/h8-11,13-17,21H,3-7,12H2,1-2H3/b11-9+. The van der Waals surface area contributed by atoms with Crippen LogP contribution in [0.2, 0.25) is 0 Å². The number of methoxy groups -OCH3 is 1. The number of nitrogens with zero attached hydrogens (tertiary/aromatic N) is 5. The average Bonchev–Trinajstić information content (AvgIpc) is 3.52. The fourth-order valence-electron chi connectivity index (χ4n) is 4.78. The second-order valence-electron chi connectivity index (χ2n) is 9.29. The van der Waals surface area contributed by atoms with Crippen LogP contribution in [0.4, 0.5) is 13.2 Å². The molecule has 2 aromatic carbocycles. The second-order valence-corrected chi connectivity index (χ2v) is 9.29. The van der Waals surface area contributed by atoms with Crippen molar-refractivity contribution in [1.29, 1.82) is 0 Å². The number of halogens is 3. The molecule has 2 aromatic heterocycles. The van der Waals surface area contributed by atoms with E-state index in [1.165, 1.54) is 0 Å². The molecule has 9 heteroatoms. The predicted molar refractivity (Wildman–Crippen MR) is 135 cm³/mol. The molecule has 0 N–H and O–H groups in total. The van der Waals surface area contributed by atoms with E-state index in [9.17, 15) is 13.2 Å². The molecule has 0 aliphatic carbocycles. The predicted octanol–water partition coefficient (Wildman–Crippen LogP) is 6.46. The molecule has 37 heavy (non-hydrogen) atoms. The molecule has 1 aliphatic rings. The van der Waals surface area contributed by atoms with Gasteiger partial charge in [-0.3, -0.25) is 0 Å². The zero-order chi connectivity index (χ0) is 25.9. The normalized spacial score (nSPS) is 16.3. The van der Waals surface area contributed by atoms with Gasteiger partial charge in [0.15, 0.2) is 23.3 Å². The largest absolute Gasteiger partial charge is 0.495 e. The number of ether oxygens (including phenoxy) is 1. The van der Waals surface area contributed by atoms with Crippen molar-refractivity contribution >= 4 is 12.2 Å². The van der Waals surface area contributed by atoms with E-state index in [2.05, 4.69) is 10.1 Å². The van der Waals surface area contributed by atoms with Gasteiger partial charge in [0, 0.05) is 18.7 Å². The first-order valence-electron chi connectivity index (χ1n) is 12.4. The first-order valence-corrected chi connectivity index (χ1v) is 12.4. The van der Waals surface area contributed by atoms with Crippen molar-refractivity contribution in [3.63, 3.8) is 0 Å². The van der Waals surface area contributed by atoms with E-state index in [1.54, 1.807) is 13.4 Å². The smallest absolute Gasteiger partial charge is 0.194 e. The lowest BCUT2D eigenvalue weighted by Gasteiger charge is -2.17. The molecule has 0 amide bonds. The van der Waals surface area contributed by atoms with E-state index < -0.39 is 17.5 Å². The molecule has 6 nitrogen and oxygen atoms in total. The Morgan fingerprint density at radius 1 is 1.00 bits per heavy atom. The zero-order valence-electron chi connectivity index (χ0n) is 20.8. The van der Waals surface area contributed by atoms with Crippen molar-refractivity contribution in [2.45, 2.75) is 51.5 Å². The summed E-state index contributed by atoms with van der Waals surface area (Å²) in [5, 5.41) is 4.67. The Labute approximate surface area is 213 Å². The minimum absolute atomic E-state index is 0.373. The maximum atomic E-state index is 14.1. The molecule has 0 fully saturated rings. The molecule has 0 saturated carbocycles. The monoisotopic (exact) mass is 507 g/mol. The van der Waals surface area contributed by atoms with Gasteiger partial charge >= 0.3 is 0 Å². The third kappa shape index (κ3) is 5.30. The van der Waals surface area contributed by atoms with Crippen LogP contribution in [-0.4, -0.2) is 31.4 Å². The van der Waals surface area contributed by atoms with Crippen LogP contribution in [-0.2, 0) is 6.54 Å². The highest BCUT2D eigenvalue weighted by molar-refractivity contribution is 5.69. The molecule has 0 saturated heterocycles. The number of hydrogen-bond donors (Lipinski definition) is 0. The van der Waals surface area contributed by atoms with Crippen LogP contribution in [0, 0.1) is 24.4 Å². The lowest BCUT2D eigenvalue weighted by atomic mass is 9.92. The Morgan fingerprint density at radius 2 is 1.78 bits per heavy atom. The first kappa shape index (κ1) is 24.8. The third-order valence-electron chi connectivity index (χ3n) is 6.67. The minimum Gasteiger partial charge on any atom is -0.495 e. The van der Waals surface area contributed by atoms with Crippen molar-refractivity contribution in [3.8, 4) is 11.4 Å². The minimum atomic E-state index is -1.46. The van der Waals surface area contributed by atoms with E-state index in [-0.39, 0.29) is 5.92 Å². The third-order valence-corrected chi connectivity index (χ3v) is 6.67. The van der Waals surface area contributed by atoms with Gasteiger partial charge < -0.3 is 9.30 Å². The van der Waals surface area contributed by atoms with Gasteiger partial charge in [-0.2, -0.15) is 5.10 Å². The Kier molecular flexibility index (Phi) is 7.12. The zero-order valence-corrected chi connectivity index (χ0v) is 20.8. The van der Waals surface area contributed by atoms with Gasteiger partial charge in [-0.1, -0.05) is 31.4 Å². The highest BCUT2D eigenvalue weighted by Crippen LogP contribution is 2.33. The number of benzene rings is 2. The van der Waals surface area contributed by atoms with Crippen LogP contribution in [0.3, 0.4) is 0 Å². The molecule has 0 radical (unpaired) electrons. The van der Waals surface area contributed by atoms with E-state index >= 15 is 0 Å². The molecule has 4 aromatic rings.